The van der Waals surface area contributed by atoms with Gasteiger partial charge in [0.05, 0.1) is 6.62 Å². The Labute approximate surface area is 55.0 Å². The molecule has 0 rings (SSSR count). The molecule has 0 nitrogen and oxygen atoms in total. The summed E-state index contributed by atoms with van der Waals surface area (Å²) in [6.45, 7) is 2.23. The first kappa shape index (κ1) is 9.32. The van der Waals surface area contributed by atoms with Gasteiger partial charge in [0.1, 0.15) is 0 Å². The molecule has 20 valence electrons. The van der Waals surface area contributed by atoms with Crippen LogP contribution < -0.4 is 0 Å². The third-order valence-corrected chi connectivity index (χ3v) is 0. The number of rotatable bonds is 0. The van der Waals surface area contributed by atoms with Crippen molar-refractivity contribution in [2.75, 3.05) is 0 Å². The van der Waals surface area contributed by atoms with E-state index >= 15 is 0 Å². The molecule has 0 saturated carbocycles. The summed E-state index contributed by atoms with van der Waals surface area (Å²) in [5.41, 5.74) is 0. The molecule has 0 fully saturated rings. The molecule has 0 radical (unpaired) electrons. The Bertz CT molecular complexity index is 8.00. The Hall–Kier alpha value is 1.91. The summed E-state index contributed by atoms with van der Waals surface area (Å²) in [6, 6.07) is 0. The molecule has 1 atom stereocenters. The molecule has 0 aromatic carbocycles. The van der Waals surface area contributed by atoms with Crippen LogP contribution in [0.25, 0.3) is 0 Å². The smallest absolute Gasteiger partial charge is 0.215 e. The second kappa shape index (κ2) is 8.86. The zero-order valence-electron chi connectivity index (χ0n) is 2.78. The van der Waals surface area contributed by atoms with E-state index in [1.54, 1.807) is 0 Å². The van der Waals surface area contributed by atoms with Gasteiger partial charge < -0.3 is 0 Å². The molecule has 0 saturated heterocycles. The van der Waals surface area contributed by atoms with Gasteiger partial charge >= 0.3 is 0 Å². The summed E-state index contributed by atoms with van der Waals surface area (Å²) in [5, 5.41) is 0. The fourth-order valence-electron chi connectivity index (χ4n) is 0. The van der Waals surface area contributed by atoms with Gasteiger partial charge in [0, 0.05) is 26.2 Å². The molecule has 0 spiro atoms. The van der Waals surface area contributed by atoms with Crippen molar-refractivity contribution < 1.29 is 26.2 Å². The first-order valence-electron chi connectivity index (χ1n) is 1.12. The van der Waals surface area contributed by atoms with E-state index in [9.17, 15) is 0 Å². The van der Waals surface area contributed by atoms with E-state index in [1.165, 1.54) is 0 Å². The Morgan fingerprint density at radius 2 is 1.75 bits per heavy atom. The maximum atomic E-state index is 2.72. The Balaban J connectivity index is 0. The van der Waals surface area contributed by atoms with Gasteiger partial charge in [-0.1, -0.05) is 0 Å². The van der Waals surface area contributed by atoms with Crippen LogP contribution in [0.5, 0.6) is 0 Å². The van der Waals surface area contributed by atoms with Crippen LogP contribution in [0.15, 0.2) is 0 Å². The monoisotopic (exact) mass is 164 g/mol. The topological polar surface area (TPSA) is 0 Å². The van der Waals surface area contributed by atoms with Crippen LogP contribution in [0.1, 0.15) is 0 Å². The normalized spacial score (nSPS) is 3.25. The number of hydrogen-bond donors (Lipinski definition) is 0. The van der Waals surface area contributed by atoms with E-state index < -0.39 is 0 Å². The molecule has 0 heterocycles. The first-order valence-corrected chi connectivity index (χ1v) is 5.80. The molecule has 1 unspecified atom stereocenters. The average Bonchev–Trinajstić information content (AvgIpc) is 0.918. The van der Waals surface area contributed by atoms with Crippen molar-refractivity contribution in [1.82, 2.24) is 0 Å². The molecular formula is H5AlBPZr. The van der Waals surface area contributed by atoms with Gasteiger partial charge in [-0.3, -0.25) is 0 Å². The zero-order valence-corrected chi connectivity index (χ0v) is 7.81. The Morgan fingerprint density at radius 1 is 1.75 bits per heavy atom. The van der Waals surface area contributed by atoms with Crippen molar-refractivity contribution in [3.8, 4) is 0 Å². The van der Waals surface area contributed by atoms with Crippen LogP contribution in [-0.4, -0.2) is 21.2 Å². The molecule has 4 heteroatoms. The molecule has 0 N–H and O–H groups in total. The van der Waals surface area contributed by atoms with Gasteiger partial charge in [0.25, 0.3) is 0 Å². The van der Waals surface area contributed by atoms with Crippen LogP contribution in [0.3, 0.4) is 0 Å². The molecule has 0 aromatic heterocycles. The van der Waals surface area contributed by atoms with Gasteiger partial charge in [-0.25, -0.2) is 7.89 Å². The van der Waals surface area contributed by atoms with E-state index in [1.807, 2.05) is 0 Å². The molecule has 0 aliphatic heterocycles. The van der Waals surface area contributed by atoms with Gasteiger partial charge in [-0.15, -0.1) is 0 Å². The molecule has 0 aliphatic rings. The molecule has 4 heavy (non-hydrogen) atoms. The zero-order chi connectivity index (χ0) is 2.71. The SMILES string of the molecule is [BH2][AlH][PH2].[Zr]. The van der Waals surface area contributed by atoms with Crippen molar-refractivity contribution in [3.63, 3.8) is 0 Å². The Kier molecular flexibility index (Phi) is 20.7. The minimum absolute atomic E-state index is 0. The minimum Gasteiger partial charge on any atom is -0.215 e. The molecule has 0 aliphatic carbocycles. The summed E-state index contributed by atoms with van der Waals surface area (Å²) in [7, 11) is 2.72. The van der Waals surface area contributed by atoms with Crippen molar-refractivity contribution in [3.05, 3.63) is 0 Å². The Morgan fingerprint density at radius 3 is 1.75 bits per heavy atom. The van der Waals surface area contributed by atoms with Crippen LogP contribution >= 0.6 is 7.89 Å². The summed E-state index contributed by atoms with van der Waals surface area (Å²) in [6.07, 6.45) is 0. The quantitative estimate of drug-likeness (QED) is 0.311. The molecule has 0 amide bonds. The van der Waals surface area contributed by atoms with E-state index in [0.29, 0.717) is 14.6 Å². The number of hydrogen-bond acceptors (Lipinski definition) is 0. The largest absolute Gasteiger partial charge is 0.219 e. The summed E-state index contributed by atoms with van der Waals surface area (Å²) >= 11 is 0.333. The van der Waals surface area contributed by atoms with E-state index in [4.69, 9.17) is 0 Å². The van der Waals surface area contributed by atoms with Crippen molar-refractivity contribution in [2.24, 2.45) is 0 Å². The third kappa shape index (κ3) is 9.08. The van der Waals surface area contributed by atoms with E-state index in [2.05, 4.69) is 14.5 Å². The van der Waals surface area contributed by atoms with Crippen LogP contribution in [0, 0.1) is 0 Å². The average molecular weight is 165 g/mol. The maximum Gasteiger partial charge on any atom is 0.219 e. The van der Waals surface area contributed by atoms with Gasteiger partial charge in [0.2, 0.25) is 14.6 Å². The minimum atomic E-state index is 0. The summed E-state index contributed by atoms with van der Waals surface area (Å²) in [4.78, 5) is 0. The predicted molar refractivity (Wildman–Crippen MR) is 25.4 cm³/mol. The standard InChI is InChI=1S/Al.BH2.H2P.Zr.H/h;2*1H2;;/q;+1;-1;;. The van der Waals surface area contributed by atoms with Crippen molar-refractivity contribution in [2.45, 2.75) is 0 Å². The maximum absolute atomic E-state index is 2.72. The van der Waals surface area contributed by atoms with E-state index in [0.717, 1.165) is 0 Å². The molecular weight excluding hydrogens is 160 g/mol. The van der Waals surface area contributed by atoms with Crippen LogP contribution in [-0.2, 0) is 26.2 Å². The molecule has 0 bridgehead atoms. The summed E-state index contributed by atoms with van der Waals surface area (Å²) < 4.78 is 0. The molecule has 0 aromatic rings. The second-order valence-electron chi connectivity index (χ2n) is 0.408. The fraction of sp³-hybridized carbons (Fsp3) is 0. The predicted octanol–water partition coefficient (Wildman–Crippen LogP) is -1.24. The third-order valence-electron chi connectivity index (χ3n) is 0. The fourth-order valence-corrected chi connectivity index (χ4v) is 0. The summed E-state index contributed by atoms with van der Waals surface area (Å²) in [5.74, 6) is 0. The first-order chi connectivity index (χ1) is 1.41. The van der Waals surface area contributed by atoms with Crippen molar-refractivity contribution >= 4 is 29.1 Å². The van der Waals surface area contributed by atoms with Gasteiger partial charge in [-0.05, 0) is 0 Å². The van der Waals surface area contributed by atoms with E-state index in [-0.39, 0.29) is 26.2 Å². The van der Waals surface area contributed by atoms with Gasteiger partial charge in [0.15, 0.2) is 0 Å². The van der Waals surface area contributed by atoms with Crippen LogP contribution in [0.2, 0.25) is 0 Å². The van der Waals surface area contributed by atoms with Crippen LogP contribution in [0.4, 0.5) is 0 Å². The van der Waals surface area contributed by atoms with Gasteiger partial charge in [-0.2, -0.15) is 0 Å². The van der Waals surface area contributed by atoms with Crippen molar-refractivity contribution in [1.29, 1.82) is 0 Å². The second-order valence-corrected chi connectivity index (χ2v) is 3.67.